The van der Waals surface area contributed by atoms with Crippen LogP contribution in [0.15, 0.2) is 54.7 Å². The van der Waals surface area contributed by atoms with Crippen LogP contribution in [0.5, 0.6) is 0 Å². The zero-order valence-electron chi connectivity index (χ0n) is 16.5. The minimum Gasteiger partial charge on any atom is -0.478 e. The molecule has 2 N–H and O–H groups in total. The summed E-state index contributed by atoms with van der Waals surface area (Å²) in [5.41, 5.74) is 5.25. The quantitative estimate of drug-likeness (QED) is 0.643. The molecule has 148 valence electrons. The minimum atomic E-state index is -0.935. The van der Waals surface area contributed by atoms with Crippen molar-refractivity contribution in [1.82, 2.24) is 19.8 Å². The van der Waals surface area contributed by atoms with Crippen molar-refractivity contribution in [3.05, 3.63) is 82.9 Å². The highest BCUT2D eigenvalue weighted by atomic mass is 32.1. The summed E-state index contributed by atoms with van der Waals surface area (Å²) in [6, 6.07) is 14.9. The van der Waals surface area contributed by atoms with E-state index in [4.69, 9.17) is 12.2 Å². The van der Waals surface area contributed by atoms with E-state index in [1.165, 1.54) is 0 Å². The van der Waals surface area contributed by atoms with Crippen LogP contribution >= 0.6 is 12.2 Å². The lowest BCUT2D eigenvalue weighted by atomic mass is 9.97. The zero-order chi connectivity index (χ0) is 20.7. The van der Waals surface area contributed by atoms with Gasteiger partial charge >= 0.3 is 5.97 Å². The molecule has 1 fully saturated rings. The van der Waals surface area contributed by atoms with E-state index in [1.807, 2.05) is 38.2 Å². The van der Waals surface area contributed by atoms with E-state index >= 15 is 0 Å². The van der Waals surface area contributed by atoms with E-state index in [0.717, 1.165) is 28.3 Å². The molecule has 1 saturated heterocycles. The predicted molar refractivity (Wildman–Crippen MR) is 115 cm³/mol. The Morgan fingerprint density at radius 2 is 1.97 bits per heavy atom. The number of nitrogens with one attached hydrogen (secondary N) is 1. The molecule has 3 aromatic rings. The second-order valence-electron chi connectivity index (χ2n) is 7.25. The average molecular weight is 407 g/mol. The minimum absolute atomic E-state index is 0.0139. The van der Waals surface area contributed by atoms with Gasteiger partial charge in [-0.05, 0) is 68.0 Å². The van der Waals surface area contributed by atoms with Crippen LogP contribution in [-0.2, 0) is 0 Å². The molecule has 29 heavy (non-hydrogen) atoms. The number of hydrogen-bond acceptors (Lipinski definition) is 3. The van der Waals surface area contributed by atoms with E-state index in [9.17, 15) is 9.90 Å². The van der Waals surface area contributed by atoms with Crippen molar-refractivity contribution in [3.63, 3.8) is 0 Å². The van der Waals surface area contributed by atoms with Crippen molar-refractivity contribution in [1.29, 1.82) is 0 Å². The van der Waals surface area contributed by atoms with Crippen molar-refractivity contribution < 1.29 is 9.90 Å². The summed E-state index contributed by atoms with van der Waals surface area (Å²) in [5.74, 6) is -0.935. The lowest BCUT2D eigenvalue weighted by Gasteiger charge is -2.24. The molecule has 0 bridgehead atoms. The number of aromatic nitrogens is 2. The maximum absolute atomic E-state index is 11.4. The van der Waals surface area contributed by atoms with Crippen LogP contribution in [0.4, 0.5) is 0 Å². The number of carboxylic acids is 1. The number of nitrogens with zero attached hydrogens (tertiary/aromatic N) is 3. The first-order chi connectivity index (χ1) is 13.9. The van der Waals surface area contributed by atoms with Crippen LogP contribution in [0.25, 0.3) is 5.69 Å². The molecule has 3 heterocycles. The SMILES string of the molecule is Cc1cc(C2C(c3ccccn3)NC(=S)N2C)c(C)n1-c1cccc(C(=O)O)c1. The zero-order valence-corrected chi connectivity index (χ0v) is 17.3. The molecule has 1 aliphatic heterocycles. The van der Waals surface area contributed by atoms with Crippen LogP contribution < -0.4 is 5.32 Å². The van der Waals surface area contributed by atoms with Gasteiger partial charge < -0.3 is 19.9 Å². The lowest BCUT2D eigenvalue weighted by molar-refractivity contribution is 0.0697. The van der Waals surface area contributed by atoms with Gasteiger partial charge in [-0.25, -0.2) is 4.79 Å². The summed E-state index contributed by atoms with van der Waals surface area (Å²) >= 11 is 5.53. The number of thiocarbonyl (C=S) groups is 1. The first-order valence-electron chi connectivity index (χ1n) is 9.35. The smallest absolute Gasteiger partial charge is 0.335 e. The molecule has 2 aromatic heterocycles. The van der Waals surface area contributed by atoms with E-state index < -0.39 is 5.97 Å². The van der Waals surface area contributed by atoms with E-state index in [2.05, 4.69) is 32.8 Å². The Labute approximate surface area is 174 Å². The summed E-state index contributed by atoms with van der Waals surface area (Å²) in [7, 11) is 1.99. The number of hydrogen-bond donors (Lipinski definition) is 2. The molecule has 0 amide bonds. The molecule has 2 atom stereocenters. The Morgan fingerprint density at radius 3 is 2.66 bits per heavy atom. The molecule has 6 nitrogen and oxygen atoms in total. The van der Waals surface area contributed by atoms with E-state index in [0.29, 0.717) is 5.11 Å². The molecular weight excluding hydrogens is 384 g/mol. The molecule has 0 radical (unpaired) electrons. The molecule has 7 heteroatoms. The topological polar surface area (TPSA) is 70.4 Å². The molecule has 0 aliphatic carbocycles. The molecule has 4 rings (SSSR count). The fraction of sp³-hybridized carbons (Fsp3) is 0.227. The van der Waals surface area contributed by atoms with Gasteiger partial charge in [0.15, 0.2) is 5.11 Å². The molecule has 1 aliphatic rings. The van der Waals surface area contributed by atoms with Crippen molar-refractivity contribution in [2.45, 2.75) is 25.9 Å². The highest BCUT2D eigenvalue weighted by Crippen LogP contribution is 2.40. The van der Waals surface area contributed by atoms with Crippen LogP contribution in [-0.4, -0.2) is 37.7 Å². The highest BCUT2D eigenvalue weighted by molar-refractivity contribution is 7.80. The van der Waals surface area contributed by atoms with Crippen LogP contribution in [0.2, 0.25) is 0 Å². The number of rotatable bonds is 4. The number of aryl methyl sites for hydroxylation is 1. The fourth-order valence-electron chi connectivity index (χ4n) is 4.11. The van der Waals surface area contributed by atoms with Crippen molar-refractivity contribution in [2.75, 3.05) is 7.05 Å². The van der Waals surface area contributed by atoms with Crippen molar-refractivity contribution >= 4 is 23.3 Å². The van der Waals surface area contributed by atoms with Gasteiger partial charge in [0, 0.05) is 30.3 Å². The normalized spacial score (nSPS) is 18.7. The first kappa shape index (κ1) is 19.1. The number of benzene rings is 1. The van der Waals surface area contributed by atoms with Crippen LogP contribution in [0.3, 0.4) is 0 Å². The van der Waals surface area contributed by atoms with Gasteiger partial charge in [0.1, 0.15) is 0 Å². The first-order valence-corrected chi connectivity index (χ1v) is 9.76. The van der Waals surface area contributed by atoms with Crippen LogP contribution in [0, 0.1) is 13.8 Å². The van der Waals surface area contributed by atoms with E-state index in [-0.39, 0.29) is 17.6 Å². The van der Waals surface area contributed by atoms with Gasteiger partial charge in [0.2, 0.25) is 0 Å². The third-order valence-corrected chi connectivity index (χ3v) is 5.88. The Hall–Kier alpha value is -3.19. The Kier molecular flexibility index (Phi) is 4.84. The number of aromatic carboxylic acids is 1. The second kappa shape index (κ2) is 7.33. The van der Waals surface area contributed by atoms with Crippen LogP contribution in [0.1, 0.15) is 45.1 Å². The predicted octanol–water partition coefficient (Wildman–Crippen LogP) is 3.79. The molecule has 0 saturated carbocycles. The summed E-state index contributed by atoms with van der Waals surface area (Å²) < 4.78 is 2.09. The number of pyridine rings is 1. The van der Waals surface area contributed by atoms with Gasteiger partial charge in [-0.2, -0.15) is 0 Å². The summed E-state index contributed by atoms with van der Waals surface area (Å²) in [6.07, 6.45) is 1.79. The number of carbonyl (C=O) groups is 1. The van der Waals surface area contributed by atoms with E-state index in [1.54, 1.807) is 24.4 Å². The third-order valence-electron chi connectivity index (χ3n) is 5.48. The number of carboxylic acid groups (broad SMARTS) is 1. The second-order valence-corrected chi connectivity index (χ2v) is 7.64. The van der Waals surface area contributed by atoms with Gasteiger partial charge in [-0.1, -0.05) is 12.1 Å². The third kappa shape index (κ3) is 3.27. The number of likely N-dealkylation sites (N-methyl/N-ethyl adjacent to an activating group) is 1. The fourth-order valence-corrected chi connectivity index (χ4v) is 4.35. The average Bonchev–Trinajstić information content (AvgIpc) is 3.17. The maximum atomic E-state index is 11.4. The van der Waals surface area contributed by atoms with Gasteiger partial charge in [-0.15, -0.1) is 0 Å². The van der Waals surface area contributed by atoms with Crippen molar-refractivity contribution in [3.8, 4) is 5.69 Å². The molecule has 2 unspecified atom stereocenters. The highest BCUT2D eigenvalue weighted by Gasteiger charge is 2.39. The van der Waals surface area contributed by atoms with Crippen molar-refractivity contribution in [2.24, 2.45) is 0 Å². The van der Waals surface area contributed by atoms with Gasteiger partial charge in [0.05, 0.1) is 23.3 Å². The monoisotopic (exact) mass is 406 g/mol. The Bertz CT molecular complexity index is 1090. The molecule has 0 spiro atoms. The largest absolute Gasteiger partial charge is 0.478 e. The Morgan fingerprint density at radius 1 is 1.17 bits per heavy atom. The Balaban J connectivity index is 1.81. The molecule has 1 aromatic carbocycles. The summed E-state index contributed by atoms with van der Waals surface area (Å²) in [4.78, 5) is 18.0. The molecular formula is C22H22N4O2S. The summed E-state index contributed by atoms with van der Waals surface area (Å²) in [5, 5.41) is 13.4. The van der Waals surface area contributed by atoms with Gasteiger partial charge in [-0.3, -0.25) is 4.98 Å². The van der Waals surface area contributed by atoms with Gasteiger partial charge in [0.25, 0.3) is 0 Å². The standard InChI is InChI=1S/C22H22N4O2S/c1-13-11-17(14(2)26(13)16-8-6-7-15(12-16)21(27)28)20-19(24-22(29)25(20)3)18-9-4-5-10-23-18/h4-12,19-20H,1-3H3,(H,24,29)(H,27,28). The lowest BCUT2D eigenvalue weighted by Crippen LogP contribution is -2.25. The maximum Gasteiger partial charge on any atom is 0.335 e. The summed E-state index contributed by atoms with van der Waals surface area (Å²) in [6.45, 7) is 4.08.